The third-order valence-electron chi connectivity index (χ3n) is 1.97. The second-order valence-corrected chi connectivity index (χ2v) is 3.22. The number of aryl methyl sites for hydroxylation is 1. The predicted octanol–water partition coefficient (Wildman–Crippen LogP) is 0.426. The maximum Gasteiger partial charge on any atom is 0.221 e. The number of carbonyl (C=O) groups excluding carboxylic acids is 1. The van der Waals surface area contributed by atoms with Crippen LogP contribution in [0.3, 0.4) is 0 Å². The Balaban J connectivity index is 2.04. The minimum atomic E-state index is 0.0570. The second kappa shape index (κ2) is 7.00. The van der Waals surface area contributed by atoms with Crippen molar-refractivity contribution in [2.75, 3.05) is 20.3 Å². The van der Waals surface area contributed by atoms with Crippen LogP contribution in [0.1, 0.15) is 12.8 Å². The van der Waals surface area contributed by atoms with E-state index in [9.17, 15) is 4.79 Å². The van der Waals surface area contributed by atoms with Crippen molar-refractivity contribution in [2.24, 2.45) is 0 Å². The number of carbonyl (C=O) groups is 1. The number of rotatable bonds is 7. The lowest BCUT2D eigenvalue weighted by atomic mass is 10.3. The molecule has 0 fully saturated rings. The Labute approximate surface area is 89.4 Å². The van der Waals surface area contributed by atoms with Gasteiger partial charge in [-0.15, -0.1) is 0 Å². The number of methoxy groups -OCH3 is 1. The van der Waals surface area contributed by atoms with E-state index in [1.54, 1.807) is 18.0 Å². The van der Waals surface area contributed by atoms with Crippen LogP contribution in [-0.4, -0.2) is 35.9 Å². The van der Waals surface area contributed by atoms with Crippen LogP contribution in [0.5, 0.6) is 0 Å². The summed E-state index contributed by atoms with van der Waals surface area (Å²) >= 11 is 0. The van der Waals surface area contributed by atoms with Gasteiger partial charge in [0.2, 0.25) is 5.91 Å². The predicted molar refractivity (Wildman–Crippen MR) is 56.3 cm³/mol. The molecule has 0 atom stereocenters. The maximum atomic E-state index is 11.3. The molecule has 0 aliphatic carbocycles. The zero-order valence-electron chi connectivity index (χ0n) is 8.98. The van der Waals surface area contributed by atoms with Gasteiger partial charge in [0.05, 0.1) is 0 Å². The van der Waals surface area contributed by atoms with Gasteiger partial charge in [-0.1, -0.05) is 0 Å². The summed E-state index contributed by atoms with van der Waals surface area (Å²) in [7, 11) is 1.65. The van der Waals surface area contributed by atoms with Crippen molar-refractivity contribution < 1.29 is 9.53 Å². The third kappa shape index (κ3) is 5.17. The van der Waals surface area contributed by atoms with E-state index in [2.05, 4.69) is 10.4 Å². The molecule has 1 amide bonds. The van der Waals surface area contributed by atoms with Gasteiger partial charge in [-0.2, -0.15) is 5.10 Å². The molecule has 1 heterocycles. The van der Waals surface area contributed by atoms with Gasteiger partial charge >= 0.3 is 0 Å². The highest BCUT2D eigenvalue weighted by molar-refractivity contribution is 5.75. The summed E-state index contributed by atoms with van der Waals surface area (Å²) in [5.41, 5.74) is 0. The Hall–Kier alpha value is -1.36. The normalized spacial score (nSPS) is 10.2. The SMILES string of the molecule is COCCCNC(=O)CCn1cccn1. The van der Waals surface area contributed by atoms with Gasteiger partial charge in [0.1, 0.15) is 0 Å². The highest BCUT2D eigenvalue weighted by Crippen LogP contribution is 1.89. The Morgan fingerprint density at radius 1 is 1.60 bits per heavy atom. The van der Waals surface area contributed by atoms with Crippen LogP contribution in [-0.2, 0) is 16.1 Å². The molecule has 0 spiro atoms. The topological polar surface area (TPSA) is 56.1 Å². The average Bonchev–Trinajstić information content (AvgIpc) is 2.74. The molecule has 0 unspecified atom stereocenters. The van der Waals surface area contributed by atoms with Crippen molar-refractivity contribution >= 4 is 5.91 Å². The second-order valence-electron chi connectivity index (χ2n) is 3.22. The third-order valence-corrected chi connectivity index (χ3v) is 1.97. The van der Waals surface area contributed by atoms with E-state index in [0.29, 0.717) is 26.1 Å². The summed E-state index contributed by atoms with van der Waals surface area (Å²) in [6, 6.07) is 1.84. The first-order valence-electron chi connectivity index (χ1n) is 5.06. The van der Waals surface area contributed by atoms with E-state index in [1.807, 2.05) is 12.3 Å². The number of nitrogens with one attached hydrogen (secondary N) is 1. The lowest BCUT2D eigenvalue weighted by Gasteiger charge is -2.04. The summed E-state index contributed by atoms with van der Waals surface area (Å²) in [6.45, 7) is 1.98. The van der Waals surface area contributed by atoms with Gasteiger partial charge in [-0.25, -0.2) is 0 Å². The van der Waals surface area contributed by atoms with Gasteiger partial charge in [0.15, 0.2) is 0 Å². The van der Waals surface area contributed by atoms with Crippen LogP contribution in [0.2, 0.25) is 0 Å². The zero-order chi connectivity index (χ0) is 10.9. The fraction of sp³-hybridized carbons (Fsp3) is 0.600. The first-order chi connectivity index (χ1) is 7.33. The standard InChI is InChI=1S/C10H17N3O2/c1-15-9-3-5-11-10(14)4-8-13-7-2-6-12-13/h2,6-7H,3-5,8-9H2,1H3,(H,11,14). The van der Waals surface area contributed by atoms with Gasteiger partial charge in [0.25, 0.3) is 0 Å². The van der Waals surface area contributed by atoms with Crippen LogP contribution < -0.4 is 5.32 Å². The quantitative estimate of drug-likeness (QED) is 0.665. The molecule has 15 heavy (non-hydrogen) atoms. The zero-order valence-corrected chi connectivity index (χ0v) is 8.98. The van der Waals surface area contributed by atoms with Crippen molar-refractivity contribution in [3.63, 3.8) is 0 Å². The molecule has 5 heteroatoms. The molecule has 1 rings (SSSR count). The Bertz CT molecular complexity index is 272. The Morgan fingerprint density at radius 2 is 2.47 bits per heavy atom. The maximum absolute atomic E-state index is 11.3. The van der Waals surface area contributed by atoms with Gasteiger partial charge in [-0.3, -0.25) is 9.48 Å². The molecule has 0 aliphatic heterocycles. The van der Waals surface area contributed by atoms with Crippen molar-refractivity contribution in [1.82, 2.24) is 15.1 Å². The smallest absolute Gasteiger partial charge is 0.221 e. The van der Waals surface area contributed by atoms with Gasteiger partial charge in [0, 0.05) is 45.6 Å². The minimum Gasteiger partial charge on any atom is -0.385 e. The fourth-order valence-corrected chi connectivity index (χ4v) is 1.18. The number of aromatic nitrogens is 2. The summed E-state index contributed by atoms with van der Waals surface area (Å²) < 4.78 is 6.62. The van der Waals surface area contributed by atoms with E-state index in [1.165, 1.54) is 0 Å². The molecule has 5 nitrogen and oxygen atoms in total. The number of nitrogens with zero attached hydrogens (tertiary/aromatic N) is 2. The van der Waals surface area contributed by atoms with Crippen LogP contribution in [0.15, 0.2) is 18.5 Å². The monoisotopic (exact) mass is 211 g/mol. The lowest BCUT2D eigenvalue weighted by molar-refractivity contribution is -0.121. The fourth-order valence-electron chi connectivity index (χ4n) is 1.18. The molecular formula is C10H17N3O2. The molecule has 0 radical (unpaired) electrons. The molecule has 1 aromatic rings. The number of hydrogen-bond donors (Lipinski definition) is 1. The van der Waals surface area contributed by atoms with Crippen molar-refractivity contribution in [1.29, 1.82) is 0 Å². The average molecular weight is 211 g/mol. The number of hydrogen-bond acceptors (Lipinski definition) is 3. The molecule has 1 N–H and O–H groups in total. The summed E-state index contributed by atoms with van der Waals surface area (Å²) in [5, 5.41) is 6.83. The van der Waals surface area contributed by atoms with Gasteiger partial charge < -0.3 is 10.1 Å². The van der Waals surface area contributed by atoms with Crippen LogP contribution >= 0.6 is 0 Å². The van der Waals surface area contributed by atoms with Crippen LogP contribution in [0.4, 0.5) is 0 Å². The first kappa shape index (κ1) is 11.7. The van der Waals surface area contributed by atoms with Crippen molar-refractivity contribution in [3.05, 3.63) is 18.5 Å². The highest BCUT2D eigenvalue weighted by Gasteiger charge is 2.00. The summed E-state index contributed by atoms with van der Waals surface area (Å²) in [4.78, 5) is 11.3. The molecule has 0 aromatic carbocycles. The van der Waals surface area contributed by atoms with Crippen molar-refractivity contribution in [3.8, 4) is 0 Å². The Kier molecular flexibility index (Phi) is 5.47. The minimum absolute atomic E-state index is 0.0570. The molecular weight excluding hydrogens is 194 g/mol. The molecule has 0 saturated carbocycles. The van der Waals surface area contributed by atoms with E-state index >= 15 is 0 Å². The van der Waals surface area contributed by atoms with E-state index in [0.717, 1.165) is 6.42 Å². The molecule has 0 bridgehead atoms. The molecule has 0 saturated heterocycles. The molecule has 1 aromatic heterocycles. The summed E-state index contributed by atoms with van der Waals surface area (Å²) in [5.74, 6) is 0.0570. The molecule has 84 valence electrons. The highest BCUT2D eigenvalue weighted by atomic mass is 16.5. The van der Waals surface area contributed by atoms with E-state index in [-0.39, 0.29) is 5.91 Å². The van der Waals surface area contributed by atoms with E-state index < -0.39 is 0 Å². The lowest BCUT2D eigenvalue weighted by Crippen LogP contribution is -2.26. The number of amides is 1. The Morgan fingerprint density at radius 3 is 3.13 bits per heavy atom. The first-order valence-corrected chi connectivity index (χ1v) is 5.06. The van der Waals surface area contributed by atoms with Gasteiger partial charge in [-0.05, 0) is 12.5 Å². The van der Waals surface area contributed by atoms with E-state index in [4.69, 9.17) is 4.74 Å². The van der Waals surface area contributed by atoms with Crippen molar-refractivity contribution in [2.45, 2.75) is 19.4 Å². The largest absolute Gasteiger partial charge is 0.385 e. The van der Waals surface area contributed by atoms with Crippen LogP contribution in [0.25, 0.3) is 0 Å². The number of ether oxygens (including phenoxy) is 1. The summed E-state index contributed by atoms with van der Waals surface area (Å²) in [6.07, 6.45) is 4.87. The van der Waals surface area contributed by atoms with Crippen LogP contribution in [0, 0.1) is 0 Å². The molecule has 0 aliphatic rings.